The highest BCUT2D eigenvalue weighted by atomic mass is 32.2. The van der Waals surface area contributed by atoms with Gasteiger partial charge in [0.2, 0.25) is 21.9 Å². The van der Waals surface area contributed by atoms with Crippen LogP contribution in [0, 0.1) is 6.92 Å². The van der Waals surface area contributed by atoms with Gasteiger partial charge in [0.25, 0.3) is 0 Å². The van der Waals surface area contributed by atoms with Crippen LogP contribution in [0.15, 0.2) is 30.7 Å². The lowest BCUT2D eigenvalue weighted by Crippen LogP contribution is -2.27. The third-order valence-corrected chi connectivity index (χ3v) is 6.63. The molecule has 0 spiro atoms. The Labute approximate surface area is 204 Å². The van der Waals surface area contributed by atoms with Gasteiger partial charge in [-0.05, 0) is 30.7 Å². The van der Waals surface area contributed by atoms with Crippen molar-refractivity contribution in [1.29, 1.82) is 0 Å². The molecule has 1 aliphatic rings. The van der Waals surface area contributed by atoms with Gasteiger partial charge in [0.15, 0.2) is 0 Å². The number of nitrogens with zero attached hydrogens (tertiary/aromatic N) is 5. The van der Waals surface area contributed by atoms with E-state index in [1.165, 1.54) is 7.05 Å². The van der Waals surface area contributed by atoms with Crippen molar-refractivity contribution in [2.24, 2.45) is 0 Å². The number of sulfonamides is 1. The summed E-state index contributed by atoms with van der Waals surface area (Å²) >= 11 is 0. The van der Waals surface area contributed by atoms with Gasteiger partial charge in [0.05, 0.1) is 24.9 Å². The van der Waals surface area contributed by atoms with E-state index in [0.29, 0.717) is 23.1 Å². The number of benzene rings is 1. The number of carbonyl (C=O) groups excluding carboxylic acids is 1. The number of fused-ring (bicyclic) bond motifs is 1. The monoisotopic (exact) mass is 522 g/mol. The summed E-state index contributed by atoms with van der Waals surface area (Å²) in [6.07, 6.45) is -1.74. The predicted molar refractivity (Wildman–Crippen MR) is 126 cm³/mol. The molecule has 0 unspecified atom stereocenters. The molecule has 1 aromatic carbocycles. The molecule has 0 saturated heterocycles. The van der Waals surface area contributed by atoms with E-state index in [4.69, 9.17) is 0 Å². The minimum atomic E-state index is -4.73. The molecule has 15 heteroatoms. The van der Waals surface area contributed by atoms with E-state index in [9.17, 15) is 26.4 Å². The highest BCUT2D eigenvalue weighted by Crippen LogP contribution is 2.35. The molecule has 0 fully saturated rings. The zero-order chi connectivity index (χ0) is 26.3. The molecule has 3 heterocycles. The number of halogens is 3. The first-order chi connectivity index (χ1) is 16.8. The van der Waals surface area contributed by atoms with Gasteiger partial charge >= 0.3 is 6.18 Å². The highest BCUT2D eigenvalue weighted by Gasteiger charge is 2.35. The Hall–Kier alpha value is -4.01. The van der Waals surface area contributed by atoms with E-state index in [2.05, 4.69) is 35.9 Å². The third kappa shape index (κ3) is 5.30. The van der Waals surface area contributed by atoms with Crippen molar-refractivity contribution in [2.45, 2.75) is 26.1 Å². The van der Waals surface area contributed by atoms with Crippen molar-refractivity contribution < 1.29 is 26.4 Å². The molecule has 11 nitrogen and oxygen atoms in total. The van der Waals surface area contributed by atoms with Crippen molar-refractivity contribution in [3.63, 3.8) is 0 Å². The maximum Gasteiger partial charge on any atom is 0.421 e. The Morgan fingerprint density at radius 1 is 1.19 bits per heavy atom. The first-order valence-electron chi connectivity index (χ1n) is 10.4. The molecule has 4 rings (SSSR count). The van der Waals surface area contributed by atoms with Crippen LogP contribution in [-0.2, 0) is 34.0 Å². The molecule has 3 aromatic rings. The molecule has 0 radical (unpaired) electrons. The summed E-state index contributed by atoms with van der Waals surface area (Å²) in [4.78, 5) is 27.4. The van der Waals surface area contributed by atoms with Crippen LogP contribution in [0.2, 0.25) is 0 Å². The minimum Gasteiger partial charge on any atom is -0.364 e. The SMILES string of the molecule is Cc1c(CNc2nc(Nc3ccc4c(c3)CC(=O)N4)ncc2C(F)(F)F)ncnc1N(C)S(C)(=O)=O. The molecule has 36 heavy (non-hydrogen) atoms. The number of carbonyl (C=O) groups is 1. The Bertz CT molecular complexity index is 1450. The van der Waals surface area contributed by atoms with E-state index >= 15 is 0 Å². The number of hydrogen-bond acceptors (Lipinski definition) is 9. The fourth-order valence-corrected chi connectivity index (χ4v) is 4.01. The van der Waals surface area contributed by atoms with Crippen molar-refractivity contribution in [1.82, 2.24) is 19.9 Å². The number of anilines is 5. The zero-order valence-corrected chi connectivity index (χ0v) is 20.1. The number of aromatic nitrogens is 4. The first-order valence-corrected chi connectivity index (χ1v) is 12.3. The van der Waals surface area contributed by atoms with Crippen LogP contribution in [0.25, 0.3) is 0 Å². The largest absolute Gasteiger partial charge is 0.421 e. The van der Waals surface area contributed by atoms with E-state index < -0.39 is 27.6 Å². The molecule has 0 atom stereocenters. The summed E-state index contributed by atoms with van der Waals surface area (Å²) in [6, 6.07) is 5.00. The van der Waals surface area contributed by atoms with Gasteiger partial charge in [-0.25, -0.2) is 23.4 Å². The predicted octanol–water partition coefficient (Wildman–Crippen LogP) is 2.84. The van der Waals surface area contributed by atoms with E-state index in [1.54, 1.807) is 25.1 Å². The van der Waals surface area contributed by atoms with E-state index in [0.717, 1.165) is 22.5 Å². The molecule has 2 aromatic heterocycles. The molecular formula is C21H21F3N8O3S. The topological polar surface area (TPSA) is 142 Å². The Morgan fingerprint density at radius 3 is 2.64 bits per heavy atom. The number of amides is 1. The van der Waals surface area contributed by atoms with E-state index in [1.807, 2.05) is 0 Å². The van der Waals surface area contributed by atoms with Crippen LogP contribution >= 0.6 is 0 Å². The smallest absolute Gasteiger partial charge is 0.364 e. The number of alkyl halides is 3. The summed E-state index contributed by atoms with van der Waals surface area (Å²) in [5, 5.41) is 8.18. The average molecular weight is 523 g/mol. The minimum absolute atomic E-state index is 0.0976. The maximum absolute atomic E-state index is 13.6. The quantitative estimate of drug-likeness (QED) is 0.427. The summed E-state index contributed by atoms with van der Waals surface area (Å²) < 4.78 is 65.6. The molecule has 1 aliphatic heterocycles. The molecule has 1 amide bonds. The van der Waals surface area contributed by atoms with Gasteiger partial charge in [-0.1, -0.05) is 0 Å². The normalized spacial score (nSPS) is 13.2. The second-order valence-electron chi connectivity index (χ2n) is 8.03. The van der Waals surface area contributed by atoms with Crippen LogP contribution in [-0.4, -0.2) is 47.6 Å². The van der Waals surface area contributed by atoms with Crippen LogP contribution < -0.4 is 20.3 Å². The van der Waals surface area contributed by atoms with Crippen molar-refractivity contribution in [2.75, 3.05) is 33.6 Å². The standard InChI is InChI=1S/C21H21F3N8O3S/c1-11-16(27-10-28-19(11)32(2)36(3,34)35)9-25-18-14(21(22,23)24)8-26-20(31-18)29-13-4-5-15-12(6-13)7-17(33)30-15/h4-6,8,10H,7,9H2,1-3H3,(H,30,33)(H2,25,26,29,31). The summed E-state index contributed by atoms with van der Waals surface area (Å²) in [5.74, 6) is -0.631. The van der Waals surface area contributed by atoms with Crippen LogP contribution in [0.1, 0.15) is 22.4 Å². The molecule has 3 N–H and O–H groups in total. The molecule has 190 valence electrons. The third-order valence-electron chi connectivity index (χ3n) is 5.46. The van der Waals surface area contributed by atoms with Crippen LogP contribution in [0.3, 0.4) is 0 Å². The number of rotatable bonds is 7. The average Bonchev–Trinajstić information content (AvgIpc) is 3.16. The Kier molecular flexibility index (Phi) is 6.43. The summed E-state index contributed by atoms with van der Waals surface area (Å²) in [5.41, 5.74) is 1.48. The second-order valence-corrected chi connectivity index (χ2v) is 10.0. The first kappa shape index (κ1) is 25.1. The van der Waals surface area contributed by atoms with Crippen LogP contribution in [0.4, 0.5) is 42.1 Å². The van der Waals surface area contributed by atoms with Gasteiger partial charge in [0.1, 0.15) is 23.5 Å². The molecule has 0 aliphatic carbocycles. The summed E-state index contributed by atoms with van der Waals surface area (Å²) in [7, 11) is -2.29. The van der Waals surface area contributed by atoms with Crippen molar-refractivity contribution >= 4 is 44.9 Å². The van der Waals surface area contributed by atoms with E-state index in [-0.39, 0.29) is 36.3 Å². The maximum atomic E-state index is 13.6. The van der Waals surface area contributed by atoms with Crippen LogP contribution in [0.5, 0.6) is 0 Å². The Morgan fingerprint density at radius 2 is 1.94 bits per heavy atom. The van der Waals surface area contributed by atoms with Gasteiger partial charge in [-0.15, -0.1) is 0 Å². The molecular weight excluding hydrogens is 501 g/mol. The van der Waals surface area contributed by atoms with Gasteiger partial charge in [-0.2, -0.15) is 18.2 Å². The summed E-state index contributed by atoms with van der Waals surface area (Å²) in [6.45, 7) is 1.38. The van der Waals surface area contributed by atoms with Crippen molar-refractivity contribution in [3.05, 3.63) is 53.1 Å². The van der Waals surface area contributed by atoms with Gasteiger partial charge < -0.3 is 16.0 Å². The van der Waals surface area contributed by atoms with Crippen molar-refractivity contribution in [3.8, 4) is 0 Å². The van der Waals surface area contributed by atoms with Gasteiger partial charge in [0, 0.05) is 30.2 Å². The lowest BCUT2D eigenvalue weighted by molar-refractivity contribution is -0.137. The Balaban J connectivity index is 1.60. The fourth-order valence-electron chi connectivity index (χ4n) is 3.52. The zero-order valence-electron chi connectivity index (χ0n) is 19.3. The molecule has 0 saturated carbocycles. The fraction of sp³-hybridized carbons (Fsp3) is 0.286. The highest BCUT2D eigenvalue weighted by molar-refractivity contribution is 7.92. The second kappa shape index (κ2) is 9.22. The number of nitrogens with one attached hydrogen (secondary N) is 3. The lowest BCUT2D eigenvalue weighted by Gasteiger charge is -2.19. The molecule has 0 bridgehead atoms. The lowest BCUT2D eigenvalue weighted by atomic mass is 10.1. The number of hydrogen-bond donors (Lipinski definition) is 3. The van der Waals surface area contributed by atoms with Gasteiger partial charge in [-0.3, -0.25) is 9.10 Å².